The molecule has 0 saturated heterocycles. The predicted octanol–water partition coefficient (Wildman–Crippen LogP) is 4.10. The van der Waals surface area contributed by atoms with Gasteiger partial charge in [0.15, 0.2) is 0 Å². The first kappa shape index (κ1) is 16.9. The molecule has 0 aliphatic heterocycles. The lowest BCUT2D eigenvalue weighted by Crippen LogP contribution is -2.54. The molecule has 0 aliphatic carbocycles. The molecule has 0 spiro atoms. The van der Waals surface area contributed by atoms with Gasteiger partial charge in [-0.3, -0.25) is 0 Å². The van der Waals surface area contributed by atoms with Crippen LogP contribution < -0.4 is 0 Å². The van der Waals surface area contributed by atoms with Gasteiger partial charge in [-0.25, -0.2) is 0 Å². The zero-order valence-corrected chi connectivity index (χ0v) is 11.5. The van der Waals surface area contributed by atoms with Gasteiger partial charge in [0.05, 0.1) is 11.6 Å². The van der Waals surface area contributed by atoms with Crippen LogP contribution in [-0.4, -0.2) is 11.3 Å². The van der Waals surface area contributed by atoms with E-state index in [0.717, 1.165) is 36.4 Å². The summed E-state index contributed by atoms with van der Waals surface area (Å²) in [6.45, 7) is 0. The van der Waals surface area contributed by atoms with E-state index in [9.17, 15) is 27.1 Å². The third-order valence-corrected chi connectivity index (χ3v) is 3.43. The minimum Gasteiger partial charge on any atom is -0.371 e. The van der Waals surface area contributed by atoms with Crippen LogP contribution >= 0.6 is 0 Å². The molecule has 1 N–H and O–H groups in total. The molecule has 1 atom stereocenters. The highest BCUT2D eigenvalue weighted by molar-refractivity contribution is 5.37. The normalized spacial score (nSPS) is 14.8. The molecule has 120 valence electrons. The molecule has 0 saturated carbocycles. The number of hydrogen-bond acceptors (Lipinski definition) is 2. The van der Waals surface area contributed by atoms with Crippen LogP contribution in [0.25, 0.3) is 0 Å². The Kier molecular flexibility index (Phi) is 4.14. The first-order valence-electron chi connectivity index (χ1n) is 6.37. The van der Waals surface area contributed by atoms with Crippen LogP contribution in [0.1, 0.15) is 16.7 Å². The van der Waals surface area contributed by atoms with Crippen molar-refractivity contribution < 1.29 is 27.1 Å². The van der Waals surface area contributed by atoms with Crippen molar-refractivity contribution in [2.75, 3.05) is 0 Å². The van der Waals surface area contributed by atoms with Gasteiger partial charge < -0.3 is 5.11 Å². The molecule has 2 aromatic rings. The van der Waals surface area contributed by atoms with Crippen molar-refractivity contribution in [1.29, 1.82) is 5.26 Å². The number of nitriles is 1. The Morgan fingerprint density at radius 3 is 1.74 bits per heavy atom. The monoisotopic (exact) mass is 327 g/mol. The van der Waals surface area contributed by atoms with E-state index in [1.807, 2.05) is 0 Å². The summed E-state index contributed by atoms with van der Waals surface area (Å²) in [4.78, 5) is 0. The van der Waals surface area contributed by atoms with Gasteiger partial charge in [0.1, 0.15) is 0 Å². The Balaban J connectivity index is 2.65. The average molecular weight is 327 g/mol. The first-order valence-corrected chi connectivity index (χ1v) is 6.37. The molecule has 2 rings (SSSR count). The van der Waals surface area contributed by atoms with E-state index in [2.05, 4.69) is 0 Å². The minimum atomic E-state index is -5.62. The van der Waals surface area contributed by atoms with Crippen LogP contribution in [0.2, 0.25) is 0 Å². The van der Waals surface area contributed by atoms with E-state index in [0.29, 0.717) is 12.1 Å². The smallest absolute Gasteiger partial charge is 0.371 e. The van der Waals surface area contributed by atoms with E-state index in [4.69, 9.17) is 5.26 Å². The van der Waals surface area contributed by atoms with Crippen molar-refractivity contribution in [3.63, 3.8) is 0 Å². The third-order valence-electron chi connectivity index (χ3n) is 3.43. The Morgan fingerprint density at radius 2 is 1.30 bits per heavy atom. The lowest BCUT2D eigenvalue weighted by molar-refractivity contribution is -0.345. The fraction of sp³-hybridized carbons (Fsp3) is 0.188. The molecule has 0 fully saturated rings. The lowest BCUT2D eigenvalue weighted by Gasteiger charge is -2.37. The van der Waals surface area contributed by atoms with Crippen LogP contribution in [-0.2, 0) is 11.5 Å². The molecule has 0 aliphatic rings. The van der Waals surface area contributed by atoms with E-state index in [1.54, 1.807) is 6.07 Å². The second-order valence-corrected chi connectivity index (χ2v) is 4.84. The molecular formula is C16H10F5NO. The van der Waals surface area contributed by atoms with Gasteiger partial charge in [-0.1, -0.05) is 42.5 Å². The fourth-order valence-electron chi connectivity index (χ4n) is 2.17. The van der Waals surface area contributed by atoms with Crippen molar-refractivity contribution >= 4 is 0 Å². The van der Waals surface area contributed by atoms with Crippen LogP contribution in [0.4, 0.5) is 22.0 Å². The second-order valence-electron chi connectivity index (χ2n) is 4.84. The molecule has 0 amide bonds. The standard InChI is InChI=1S/C16H10F5NO/c17-15(18,13-8-6-11(10-22)7-9-13)14(23,16(19,20)21)12-4-2-1-3-5-12/h1-9,23H. The molecule has 0 radical (unpaired) electrons. The summed E-state index contributed by atoms with van der Waals surface area (Å²) >= 11 is 0. The highest BCUT2D eigenvalue weighted by Gasteiger charge is 2.70. The number of benzene rings is 2. The number of nitrogens with zero attached hydrogens (tertiary/aromatic N) is 1. The van der Waals surface area contributed by atoms with Crippen molar-refractivity contribution in [2.24, 2.45) is 0 Å². The quantitative estimate of drug-likeness (QED) is 0.863. The zero-order chi connectivity index (χ0) is 17.3. The summed E-state index contributed by atoms with van der Waals surface area (Å²) in [6, 6.07) is 10.2. The summed E-state index contributed by atoms with van der Waals surface area (Å²) in [6.07, 6.45) is -5.62. The van der Waals surface area contributed by atoms with E-state index in [-0.39, 0.29) is 5.56 Å². The maximum absolute atomic E-state index is 14.6. The maximum Gasteiger partial charge on any atom is 0.427 e. The van der Waals surface area contributed by atoms with Crippen molar-refractivity contribution in [1.82, 2.24) is 0 Å². The minimum absolute atomic E-state index is 0.0137. The van der Waals surface area contributed by atoms with Gasteiger partial charge in [0, 0.05) is 5.56 Å². The molecule has 7 heteroatoms. The van der Waals surface area contributed by atoms with E-state index < -0.39 is 28.8 Å². The van der Waals surface area contributed by atoms with Gasteiger partial charge in [0.25, 0.3) is 5.60 Å². The van der Waals surface area contributed by atoms with Crippen molar-refractivity contribution in [3.05, 3.63) is 71.3 Å². The Bertz CT molecular complexity index is 719. The molecule has 0 aromatic heterocycles. The van der Waals surface area contributed by atoms with Crippen LogP contribution in [0, 0.1) is 11.3 Å². The number of halogens is 5. The molecule has 2 nitrogen and oxygen atoms in total. The number of alkyl halides is 5. The van der Waals surface area contributed by atoms with Crippen LogP contribution in [0.15, 0.2) is 54.6 Å². The topological polar surface area (TPSA) is 44.0 Å². The zero-order valence-electron chi connectivity index (χ0n) is 11.5. The summed E-state index contributed by atoms with van der Waals surface area (Å²) in [5.74, 6) is -4.65. The average Bonchev–Trinajstić information content (AvgIpc) is 2.53. The van der Waals surface area contributed by atoms with Gasteiger partial charge in [0.2, 0.25) is 0 Å². The van der Waals surface area contributed by atoms with Crippen molar-refractivity contribution in [3.8, 4) is 6.07 Å². The van der Waals surface area contributed by atoms with Crippen molar-refractivity contribution in [2.45, 2.75) is 17.7 Å². The Labute approximate surface area is 128 Å². The first-order chi connectivity index (χ1) is 10.6. The Hall–Kier alpha value is -2.46. The third kappa shape index (κ3) is 2.66. The second kappa shape index (κ2) is 5.63. The van der Waals surface area contributed by atoms with Gasteiger partial charge in [-0.2, -0.15) is 27.2 Å². The summed E-state index contributed by atoms with van der Waals surface area (Å²) < 4.78 is 69.1. The van der Waals surface area contributed by atoms with E-state index >= 15 is 0 Å². The van der Waals surface area contributed by atoms with E-state index in [1.165, 1.54) is 6.07 Å². The maximum atomic E-state index is 14.6. The van der Waals surface area contributed by atoms with Gasteiger partial charge >= 0.3 is 12.1 Å². The largest absolute Gasteiger partial charge is 0.427 e. The van der Waals surface area contributed by atoms with Gasteiger partial charge in [-0.05, 0) is 17.7 Å². The summed E-state index contributed by atoms with van der Waals surface area (Å²) in [7, 11) is 0. The molecule has 23 heavy (non-hydrogen) atoms. The van der Waals surface area contributed by atoms with Crippen LogP contribution in [0.3, 0.4) is 0 Å². The highest BCUT2D eigenvalue weighted by Crippen LogP contribution is 2.54. The predicted molar refractivity (Wildman–Crippen MR) is 71.4 cm³/mol. The number of hydrogen-bond donors (Lipinski definition) is 1. The fourth-order valence-corrected chi connectivity index (χ4v) is 2.17. The SMILES string of the molecule is N#Cc1ccc(C(F)(F)C(O)(c2ccccc2)C(F)(F)F)cc1. The lowest BCUT2D eigenvalue weighted by atomic mass is 9.82. The number of rotatable bonds is 3. The van der Waals surface area contributed by atoms with Crippen LogP contribution in [0.5, 0.6) is 0 Å². The molecule has 1 unspecified atom stereocenters. The summed E-state index contributed by atoms with van der Waals surface area (Å²) in [5.41, 5.74) is -6.39. The molecule has 0 bridgehead atoms. The van der Waals surface area contributed by atoms with Gasteiger partial charge in [-0.15, -0.1) is 0 Å². The number of aliphatic hydroxyl groups is 1. The molecule has 0 heterocycles. The molecular weight excluding hydrogens is 317 g/mol. The Morgan fingerprint density at radius 1 is 0.783 bits per heavy atom. The highest BCUT2D eigenvalue weighted by atomic mass is 19.4. The molecule has 2 aromatic carbocycles. The summed E-state index contributed by atoms with van der Waals surface area (Å²) in [5, 5.41) is 18.6.